The van der Waals surface area contributed by atoms with Gasteiger partial charge in [-0.05, 0) is 224 Å². The van der Waals surface area contributed by atoms with E-state index in [0.29, 0.717) is 52.1 Å². The Morgan fingerprint density at radius 1 is 0.485 bits per heavy atom. The zero-order valence-corrected chi connectivity index (χ0v) is 68.9. The van der Waals surface area contributed by atoms with Crippen LogP contribution in [-0.2, 0) is 57.7 Å². The summed E-state index contributed by atoms with van der Waals surface area (Å²) in [6, 6.07) is 41.0. The van der Waals surface area contributed by atoms with Gasteiger partial charge in [-0.3, -0.25) is 0 Å². The molecule has 2 aromatic heterocycles. The Balaban J connectivity index is 0.00000442. The number of fused-ring (bicyclic) bond motifs is 6. The zero-order valence-electron chi connectivity index (χ0n) is 63.8. The zero-order chi connectivity index (χ0) is 69.2. The number of nitrogens with zero attached hydrogens (tertiary/aromatic N) is 2. The average molecular weight is 1510 g/mol. The normalized spacial score (nSPS) is 16.1. The van der Waals surface area contributed by atoms with Gasteiger partial charge in [-0.25, -0.2) is 0 Å². The van der Waals surface area contributed by atoms with Crippen LogP contribution in [0, 0.1) is 44.9 Å². The molecule has 9 aromatic rings. The van der Waals surface area contributed by atoms with Gasteiger partial charge in [0.15, 0.2) is 0 Å². The summed E-state index contributed by atoms with van der Waals surface area (Å²) in [5, 5.41) is 33.3. The minimum absolute atomic E-state index is 0. The van der Waals surface area contributed by atoms with E-state index in [1.807, 2.05) is 31.2 Å². The number of ether oxygens (including phenoxy) is 2. The molecule has 10 rings (SSSR count). The van der Waals surface area contributed by atoms with Gasteiger partial charge in [-0.1, -0.05) is 212 Å². The van der Waals surface area contributed by atoms with Crippen LogP contribution in [0.4, 0.5) is 0 Å². The SMILES string of the molecule is Cc1cc(Cl)cc(C2=CC(C(C)(C)CC(C)(C)C)=CC(n3c4ccc(C(C)(C)C)cc4c4cc(C(C)(C)C)ccc43)C2(O)OCCCCOc2c(C)cc(Cl)cc2-c2cc(C(C)(C)CC(C)(C)C)cc(-n3c4ccc(C(C)(C)C)cc4c4cc(C(C)(C)C)ccc43)c2O)c1.[CH3-].[CH3-].[Hf]. The molecule has 0 saturated heterocycles. The third-order valence-corrected chi connectivity index (χ3v) is 20.0. The quantitative estimate of drug-likeness (QED) is 0.0464. The molecule has 0 amide bonds. The first-order chi connectivity index (χ1) is 43.3. The molecule has 2 atom stereocenters. The van der Waals surface area contributed by atoms with E-state index in [-0.39, 0.29) is 96.4 Å². The van der Waals surface area contributed by atoms with Gasteiger partial charge in [0.2, 0.25) is 5.79 Å². The standard InChI is InChI=1S/C86H108Cl2N2O4.2CH3.Hf/c1-52-37-54(40-61(87)38-52)69-46-60(85(23,24)51-79(6,7)8)48-75(90-72-33-29-57(82(15,16)17)43-65(72)66-44-58(83(18,19)20)30-34-73(66)90)86(69,92)94-36-26-25-35-93-77-53(2)39-62(88)49-68(77)67-45-59(84(21,22)50-78(3,4)5)47-74(76(67)91)89-70-31-27-55(80(9,10)11)41-63(70)64-42-56(81(12,13)14)28-32-71(64)89;;;/h27-34,37-49,75,91-92H,25-26,35-36,50-51H2,1-24H3;2*1H3;/q;2*-1;. The number of benzene rings is 7. The molecule has 6 nitrogen and oxygen atoms in total. The molecule has 0 bridgehead atoms. The number of aromatic nitrogens is 2. The molecule has 1 aliphatic carbocycles. The summed E-state index contributed by atoms with van der Waals surface area (Å²) in [6.45, 7) is 54.9. The number of unbranched alkanes of at least 4 members (excludes halogenated alkanes) is 1. The number of aryl methyl sites for hydroxylation is 2. The van der Waals surface area contributed by atoms with Crippen molar-refractivity contribution in [2.45, 2.75) is 231 Å². The van der Waals surface area contributed by atoms with E-state index >= 15 is 0 Å². The van der Waals surface area contributed by atoms with Crippen molar-refractivity contribution in [2.24, 2.45) is 16.2 Å². The third-order valence-electron chi connectivity index (χ3n) is 19.6. The van der Waals surface area contributed by atoms with Gasteiger partial charge >= 0.3 is 0 Å². The van der Waals surface area contributed by atoms with Crippen LogP contribution in [0.25, 0.3) is 66.0 Å². The first-order valence-corrected chi connectivity index (χ1v) is 35.1. The van der Waals surface area contributed by atoms with Gasteiger partial charge in [0.05, 0.1) is 29.9 Å². The first-order valence-electron chi connectivity index (χ1n) is 34.3. The smallest absolute Gasteiger partial charge is 0.218 e. The molecular formula is C88H114Cl2HfN2O4-2. The molecule has 1 aliphatic rings. The van der Waals surface area contributed by atoms with Gasteiger partial charge < -0.3 is 43.7 Å². The minimum atomic E-state index is -1.87. The van der Waals surface area contributed by atoms with Crippen molar-refractivity contribution in [3.05, 3.63) is 202 Å². The summed E-state index contributed by atoms with van der Waals surface area (Å²) in [5.74, 6) is -1.07. The van der Waals surface area contributed by atoms with E-state index in [0.717, 1.165) is 89.8 Å². The first kappa shape index (κ1) is 78.9. The number of phenolic OH excluding ortho intramolecular Hbond substituents is 1. The summed E-state index contributed by atoms with van der Waals surface area (Å²) in [4.78, 5) is 0. The van der Waals surface area contributed by atoms with Crippen molar-refractivity contribution in [3.63, 3.8) is 0 Å². The van der Waals surface area contributed by atoms with Gasteiger partial charge in [-0.15, -0.1) is 0 Å². The molecule has 0 radical (unpaired) electrons. The van der Waals surface area contributed by atoms with Gasteiger partial charge in [0, 0.05) is 85.2 Å². The van der Waals surface area contributed by atoms with Crippen molar-refractivity contribution < 1.29 is 45.5 Å². The van der Waals surface area contributed by atoms with E-state index < -0.39 is 11.8 Å². The number of aromatic hydroxyl groups is 1. The predicted molar refractivity (Wildman–Crippen MR) is 417 cm³/mol. The summed E-state index contributed by atoms with van der Waals surface area (Å²) in [7, 11) is 0. The number of phenols is 1. The molecule has 7 aromatic carbocycles. The maximum Gasteiger partial charge on any atom is 0.218 e. The minimum Gasteiger partial charge on any atom is -0.505 e. The molecule has 2 N–H and O–H groups in total. The van der Waals surface area contributed by atoms with Gasteiger partial charge in [0.1, 0.15) is 17.5 Å². The Bertz CT molecular complexity index is 4310. The van der Waals surface area contributed by atoms with E-state index in [9.17, 15) is 10.2 Å². The largest absolute Gasteiger partial charge is 0.505 e. The van der Waals surface area contributed by atoms with E-state index in [2.05, 4.69) is 272 Å². The van der Waals surface area contributed by atoms with Crippen LogP contribution in [0.15, 0.2) is 133 Å². The van der Waals surface area contributed by atoms with Crippen LogP contribution in [0.1, 0.15) is 229 Å². The maximum absolute atomic E-state index is 14.3. The van der Waals surface area contributed by atoms with E-state index in [4.69, 9.17) is 32.7 Å². The number of halogens is 2. The molecule has 0 saturated carbocycles. The van der Waals surface area contributed by atoms with Crippen molar-refractivity contribution >= 4 is 72.4 Å². The average Bonchev–Trinajstić information content (AvgIpc) is 1.64. The van der Waals surface area contributed by atoms with Crippen LogP contribution in [-0.4, -0.2) is 38.3 Å². The van der Waals surface area contributed by atoms with Crippen molar-refractivity contribution in [1.82, 2.24) is 9.13 Å². The summed E-state index contributed by atoms with van der Waals surface area (Å²) < 4.78 is 18.9. The molecule has 520 valence electrons. The molecule has 9 heteroatoms. The maximum atomic E-state index is 14.3. The number of rotatable bonds is 15. The number of allylic oxidation sites excluding steroid dienone is 2. The Morgan fingerprint density at radius 2 is 0.918 bits per heavy atom. The second kappa shape index (κ2) is 27.8. The Labute approximate surface area is 613 Å². The predicted octanol–water partition coefficient (Wildman–Crippen LogP) is 25.6. The Hall–Kier alpha value is -5.41. The third kappa shape index (κ3) is 16.3. The van der Waals surface area contributed by atoms with E-state index in [1.165, 1.54) is 22.3 Å². The number of hydrogen-bond acceptors (Lipinski definition) is 4. The van der Waals surface area contributed by atoms with E-state index in [1.54, 1.807) is 0 Å². The number of aliphatic hydroxyl groups is 1. The molecule has 97 heavy (non-hydrogen) atoms. The molecule has 0 fully saturated rings. The van der Waals surface area contributed by atoms with Crippen molar-refractivity contribution in [1.29, 1.82) is 0 Å². The fourth-order valence-electron chi connectivity index (χ4n) is 15.2. The second-order valence-electron chi connectivity index (χ2n) is 35.6. The monoisotopic (exact) mass is 1510 g/mol. The summed E-state index contributed by atoms with van der Waals surface area (Å²) in [6.07, 6.45) is 7.45. The topological polar surface area (TPSA) is 68.8 Å². The van der Waals surface area contributed by atoms with Crippen molar-refractivity contribution in [3.8, 4) is 28.3 Å². The summed E-state index contributed by atoms with van der Waals surface area (Å²) >= 11 is 14.1. The molecule has 2 heterocycles. The van der Waals surface area contributed by atoms with Crippen molar-refractivity contribution in [2.75, 3.05) is 13.2 Å². The molecule has 0 spiro atoms. The van der Waals surface area contributed by atoms with Crippen LogP contribution < -0.4 is 4.74 Å². The Kier molecular flexibility index (Phi) is 22.7. The fourth-order valence-corrected chi connectivity index (χ4v) is 15.8. The molecule has 2 unspecified atom stereocenters. The Morgan fingerprint density at radius 3 is 1.37 bits per heavy atom. The second-order valence-corrected chi connectivity index (χ2v) is 36.5. The number of hydrogen-bond donors (Lipinski definition) is 2. The summed E-state index contributed by atoms with van der Waals surface area (Å²) in [5.41, 5.74) is 15.8. The molecular weight excluding hydrogens is 1400 g/mol. The van der Waals surface area contributed by atoms with Crippen LogP contribution >= 0.6 is 23.2 Å². The fraction of sp³-hybridized carbons (Fsp3) is 0.455. The van der Waals surface area contributed by atoms with Gasteiger partial charge in [0.25, 0.3) is 0 Å². The van der Waals surface area contributed by atoms with Crippen LogP contribution in [0.3, 0.4) is 0 Å². The van der Waals surface area contributed by atoms with Crippen LogP contribution in [0.5, 0.6) is 11.5 Å². The van der Waals surface area contributed by atoms with Crippen LogP contribution in [0.2, 0.25) is 10.0 Å². The van der Waals surface area contributed by atoms with Gasteiger partial charge in [-0.2, -0.15) is 0 Å². The molecule has 0 aliphatic heterocycles.